The normalized spacial score (nSPS) is 20.5. The van der Waals surface area contributed by atoms with Crippen molar-refractivity contribution >= 4 is 0 Å². The van der Waals surface area contributed by atoms with E-state index in [9.17, 15) is 0 Å². The molecule has 118 valence electrons. The average Bonchev–Trinajstić information content (AvgIpc) is 2.57. The van der Waals surface area contributed by atoms with Crippen LogP contribution in [0.5, 0.6) is 11.5 Å². The Labute approximate surface area is 129 Å². The molecule has 0 aromatic heterocycles. The van der Waals surface area contributed by atoms with Gasteiger partial charge in [0.1, 0.15) is 0 Å². The Morgan fingerprint density at radius 1 is 1.14 bits per heavy atom. The van der Waals surface area contributed by atoms with Crippen molar-refractivity contribution in [2.75, 3.05) is 20.3 Å². The summed E-state index contributed by atoms with van der Waals surface area (Å²) in [5, 5.41) is 3.48. The molecule has 0 saturated heterocycles. The van der Waals surface area contributed by atoms with E-state index in [1.54, 1.807) is 0 Å². The van der Waals surface area contributed by atoms with E-state index in [0.717, 1.165) is 24.3 Å². The summed E-state index contributed by atoms with van der Waals surface area (Å²) in [6.07, 6.45) is 3.46. The highest BCUT2D eigenvalue weighted by atomic mass is 16.5. The van der Waals surface area contributed by atoms with Crippen molar-refractivity contribution in [3.05, 3.63) is 23.3 Å². The SMILES string of the molecule is CCOc1cc2c(cc1OCC)C(NC)CC(C)(C)CC2. The van der Waals surface area contributed by atoms with Gasteiger partial charge in [0, 0.05) is 6.04 Å². The largest absolute Gasteiger partial charge is 0.490 e. The fourth-order valence-electron chi connectivity index (χ4n) is 3.19. The highest BCUT2D eigenvalue weighted by molar-refractivity contribution is 5.49. The number of hydrogen-bond donors (Lipinski definition) is 1. The van der Waals surface area contributed by atoms with E-state index in [1.807, 2.05) is 20.9 Å². The van der Waals surface area contributed by atoms with E-state index in [4.69, 9.17) is 9.47 Å². The zero-order valence-electron chi connectivity index (χ0n) is 14.1. The summed E-state index contributed by atoms with van der Waals surface area (Å²) in [6, 6.07) is 4.76. The van der Waals surface area contributed by atoms with E-state index >= 15 is 0 Å². The van der Waals surface area contributed by atoms with Crippen molar-refractivity contribution < 1.29 is 9.47 Å². The molecule has 3 nitrogen and oxygen atoms in total. The minimum absolute atomic E-state index is 0.351. The van der Waals surface area contributed by atoms with Crippen molar-refractivity contribution in [3.8, 4) is 11.5 Å². The molecular weight excluding hydrogens is 262 g/mol. The first-order valence-electron chi connectivity index (χ1n) is 8.10. The van der Waals surface area contributed by atoms with Gasteiger partial charge in [-0.1, -0.05) is 13.8 Å². The third-order valence-corrected chi connectivity index (χ3v) is 4.36. The van der Waals surface area contributed by atoms with Gasteiger partial charge in [-0.25, -0.2) is 0 Å². The van der Waals surface area contributed by atoms with E-state index in [1.165, 1.54) is 17.5 Å². The third-order valence-electron chi connectivity index (χ3n) is 4.36. The van der Waals surface area contributed by atoms with Gasteiger partial charge in [0.15, 0.2) is 11.5 Å². The van der Waals surface area contributed by atoms with Crippen LogP contribution in [0.25, 0.3) is 0 Å². The van der Waals surface area contributed by atoms with Gasteiger partial charge in [-0.3, -0.25) is 0 Å². The number of hydrogen-bond acceptors (Lipinski definition) is 3. The molecule has 0 fully saturated rings. The summed E-state index contributed by atoms with van der Waals surface area (Å²) in [5.41, 5.74) is 3.12. The van der Waals surface area contributed by atoms with Gasteiger partial charge in [0.25, 0.3) is 0 Å². The molecule has 0 amide bonds. The lowest BCUT2D eigenvalue weighted by molar-refractivity contribution is 0.278. The molecule has 0 radical (unpaired) electrons. The summed E-state index contributed by atoms with van der Waals surface area (Å²) in [5.74, 6) is 1.76. The molecule has 2 rings (SSSR count). The topological polar surface area (TPSA) is 30.5 Å². The van der Waals surface area contributed by atoms with Gasteiger partial charge in [-0.2, -0.15) is 0 Å². The van der Waals surface area contributed by atoms with Crippen LogP contribution in [0.4, 0.5) is 0 Å². The average molecular weight is 291 g/mol. The molecule has 21 heavy (non-hydrogen) atoms. The molecule has 1 aromatic carbocycles. The number of aryl methyl sites for hydroxylation is 1. The Balaban J connectivity index is 2.45. The second kappa shape index (κ2) is 6.69. The molecule has 1 aliphatic carbocycles. The molecule has 0 aliphatic heterocycles. The minimum atomic E-state index is 0.351. The van der Waals surface area contributed by atoms with Crippen LogP contribution in [0.1, 0.15) is 57.7 Å². The second-order valence-corrected chi connectivity index (χ2v) is 6.57. The van der Waals surface area contributed by atoms with Crippen LogP contribution < -0.4 is 14.8 Å². The number of benzene rings is 1. The molecule has 1 aromatic rings. The Kier molecular flexibility index (Phi) is 5.15. The maximum atomic E-state index is 5.79. The molecular formula is C18H29NO2. The van der Waals surface area contributed by atoms with Crippen molar-refractivity contribution in [3.63, 3.8) is 0 Å². The lowest BCUT2D eigenvalue weighted by Crippen LogP contribution is -2.22. The van der Waals surface area contributed by atoms with Crippen molar-refractivity contribution in [1.82, 2.24) is 5.32 Å². The highest BCUT2D eigenvalue weighted by Crippen LogP contribution is 2.43. The summed E-state index contributed by atoms with van der Waals surface area (Å²) in [6.45, 7) is 10.1. The Bertz CT molecular complexity index is 482. The predicted octanol–water partition coefficient (Wildman–Crippen LogP) is 4.11. The van der Waals surface area contributed by atoms with Gasteiger partial charge in [0.05, 0.1) is 13.2 Å². The zero-order valence-corrected chi connectivity index (χ0v) is 14.1. The van der Waals surface area contributed by atoms with Gasteiger partial charge in [-0.05, 0) is 68.8 Å². The molecule has 1 N–H and O–H groups in total. The van der Waals surface area contributed by atoms with Gasteiger partial charge in [-0.15, -0.1) is 0 Å². The van der Waals surface area contributed by atoms with Crippen molar-refractivity contribution in [2.24, 2.45) is 5.41 Å². The monoisotopic (exact) mass is 291 g/mol. The Hall–Kier alpha value is -1.22. The first kappa shape index (κ1) is 16.2. The smallest absolute Gasteiger partial charge is 0.161 e. The summed E-state index contributed by atoms with van der Waals surface area (Å²) in [7, 11) is 2.05. The number of fused-ring (bicyclic) bond motifs is 1. The van der Waals surface area contributed by atoms with Crippen LogP contribution >= 0.6 is 0 Å². The molecule has 0 saturated carbocycles. The summed E-state index contributed by atoms with van der Waals surface area (Å²) >= 11 is 0. The second-order valence-electron chi connectivity index (χ2n) is 6.57. The quantitative estimate of drug-likeness (QED) is 0.828. The van der Waals surface area contributed by atoms with Crippen LogP contribution in [0.2, 0.25) is 0 Å². The van der Waals surface area contributed by atoms with E-state index in [0.29, 0.717) is 24.7 Å². The van der Waals surface area contributed by atoms with E-state index in [-0.39, 0.29) is 0 Å². The van der Waals surface area contributed by atoms with E-state index < -0.39 is 0 Å². The van der Waals surface area contributed by atoms with Crippen LogP contribution in [0.3, 0.4) is 0 Å². The summed E-state index contributed by atoms with van der Waals surface area (Å²) < 4.78 is 11.6. The van der Waals surface area contributed by atoms with Gasteiger partial charge < -0.3 is 14.8 Å². The standard InChI is InChI=1S/C18H29NO2/c1-6-20-16-10-13-8-9-18(3,4)12-15(19-5)14(13)11-17(16)21-7-2/h10-11,15,19H,6-9,12H2,1-5H3. The maximum absolute atomic E-state index is 5.79. The molecule has 1 aliphatic rings. The van der Waals surface area contributed by atoms with Crippen molar-refractivity contribution in [2.45, 2.75) is 53.0 Å². The van der Waals surface area contributed by atoms with E-state index in [2.05, 4.69) is 31.3 Å². The molecule has 0 spiro atoms. The molecule has 1 unspecified atom stereocenters. The number of nitrogens with one attached hydrogen (secondary N) is 1. The highest BCUT2D eigenvalue weighted by Gasteiger charge is 2.30. The van der Waals surface area contributed by atoms with Crippen LogP contribution in [-0.2, 0) is 6.42 Å². The number of rotatable bonds is 5. The molecule has 1 atom stereocenters. The van der Waals surface area contributed by atoms with Crippen LogP contribution in [-0.4, -0.2) is 20.3 Å². The van der Waals surface area contributed by atoms with Crippen molar-refractivity contribution in [1.29, 1.82) is 0 Å². The zero-order chi connectivity index (χ0) is 15.5. The predicted molar refractivity (Wildman–Crippen MR) is 87.3 cm³/mol. The Morgan fingerprint density at radius 3 is 2.33 bits per heavy atom. The lowest BCUT2D eigenvalue weighted by atomic mass is 9.83. The third kappa shape index (κ3) is 3.70. The van der Waals surface area contributed by atoms with Gasteiger partial charge >= 0.3 is 0 Å². The molecule has 0 heterocycles. The van der Waals surface area contributed by atoms with Gasteiger partial charge in [0.2, 0.25) is 0 Å². The summed E-state index contributed by atoms with van der Waals surface area (Å²) in [4.78, 5) is 0. The molecule has 0 bridgehead atoms. The first-order chi connectivity index (χ1) is 10.0. The lowest BCUT2D eigenvalue weighted by Gasteiger charge is -2.27. The Morgan fingerprint density at radius 2 is 1.76 bits per heavy atom. The fraction of sp³-hybridized carbons (Fsp3) is 0.667. The maximum Gasteiger partial charge on any atom is 0.161 e. The first-order valence-corrected chi connectivity index (χ1v) is 8.10. The number of ether oxygens (including phenoxy) is 2. The minimum Gasteiger partial charge on any atom is -0.490 e. The fourth-order valence-corrected chi connectivity index (χ4v) is 3.19. The van der Waals surface area contributed by atoms with Crippen LogP contribution in [0.15, 0.2) is 12.1 Å². The molecule has 3 heteroatoms. The van der Waals surface area contributed by atoms with Crippen LogP contribution in [0, 0.1) is 5.41 Å².